The molecule has 9 heteroatoms. The number of hydrogen-bond donors (Lipinski definition) is 1. The third-order valence-corrected chi connectivity index (χ3v) is 4.04. The van der Waals surface area contributed by atoms with Gasteiger partial charge < -0.3 is 9.15 Å². The first-order valence-electron chi connectivity index (χ1n) is 7.51. The number of thiazole rings is 1. The quantitative estimate of drug-likeness (QED) is 0.658. The standard InChI is InChI=1S/C17H13N3O5S/c21-14(20-16(23)13-5-3-7-24-13)9-25-15(22)8-11-10-26-17(19-11)12-4-1-2-6-18-12/h1-7,10H,8-9H2,(H,20,21,23). The van der Waals surface area contributed by atoms with Crippen molar-refractivity contribution in [2.75, 3.05) is 6.61 Å². The number of nitrogens with one attached hydrogen (secondary N) is 1. The van der Waals surface area contributed by atoms with Crippen LogP contribution in [-0.4, -0.2) is 34.4 Å². The molecule has 0 saturated heterocycles. The molecular formula is C17H13N3O5S. The predicted molar refractivity (Wildman–Crippen MR) is 91.2 cm³/mol. The highest BCUT2D eigenvalue weighted by Crippen LogP contribution is 2.21. The van der Waals surface area contributed by atoms with Crippen molar-refractivity contribution in [1.29, 1.82) is 0 Å². The molecule has 0 atom stereocenters. The molecule has 1 N–H and O–H groups in total. The van der Waals surface area contributed by atoms with Crippen LogP contribution in [0.1, 0.15) is 16.2 Å². The molecule has 8 nitrogen and oxygen atoms in total. The summed E-state index contributed by atoms with van der Waals surface area (Å²) in [6.45, 7) is -0.567. The molecule has 0 aliphatic rings. The van der Waals surface area contributed by atoms with Gasteiger partial charge in [-0.2, -0.15) is 0 Å². The van der Waals surface area contributed by atoms with Gasteiger partial charge in [0.25, 0.3) is 11.8 Å². The molecule has 3 heterocycles. The Balaban J connectivity index is 1.46. The van der Waals surface area contributed by atoms with Crippen molar-refractivity contribution in [2.45, 2.75) is 6.42 Å². The fourth-order valence-corrected chi connectivity index (χ4v) is 2.77. The summed E-state index contributed by atoms with van der Waals surface area (Å²) < 4.78 is 9.71. The number of pyridine rings is 1. The van der Waals surface area contributed by atoms with Gasteiger partial charge in [-0.3, -0.25) is 24.7 Å². The third kappa shape index (κ3) is 4.61. The second kappa shape index (κ2) is 8.17. The minimum absolute atomic E-state index is 0.00537. The normalized spacial score (nSPS) is 10.3. The Morgan fingerprint density at radius 2 is 2.08 bits per heavy atom. The molecule has 0 spiro atoms. The van der Waals surface area contributed by atoms with E-state index in [9.17, 15) is 14.4 Å². The van der Waals surface area contributed by atoms with E-state index in [4.69, 9.17) is 9.15 Å². The molecule has 0 radical (unpaired) electrons. The van der Waals surface area contributed by atoms with E-state index in [0.29, 0.717) is 16.4 Å². The number of carbonyl (C=O) groups is 3. The van der Waals surface area contributed by atoms with Gasteiger partial charge >= 0.3 is 5.97 Å². The van der Waals surface area contributed by atoms with Crippen molar-refractivity contribution in [1.82, 2.24) is 15.3 Å². The zero-order valence-electron chi connectivity index (χ0n) is 13.4. The van der Waals surface area contributed by atoms with Crippen LogP contribution in [-0.2, 0) is 20.7 Å². The molecule has 0 unspecified atom stereocenters. The number of amides is 2. The molecule has 0 aromatic carbocycles. The second-order valence-corrected chi connectivity index (χ2v) is 5.91. The van der Waals surface area contributed by atoms with Gasteiger partial charge in [0.2, 0.25) is 0 Å². The number of esters is 1. The highest BCUT2D eigenvalue weighted by atomic mass is 32.1. The lowest BCUT2D eigenvalue weighted by Gasteiger charge is -2.04. The molecule has 0 saturated carbocycles. The lowest BCUT2D eigenvalue weighted by Crippen LogP contribution is -2.34. The summed E-state index contributed by atoms with van der Waals surface area (Å²) in [4.78, 5) is 43.6. The molecule has 2 amide bonds. The minimum Gasteiger partial charge on any atom is -0.459 e. The van der Waals surface area contributed by atoms with Gasteiger partial charge in [-0.1, -0.05) is 6.07 Å². The average Bonchev–Trinajstić information content (AvgIpc) is 3.33. The Morgan fingerprint density at radius 3 is 2.81 bits per heavy atom. The number of rotatable bonds is 6. The largest absolute Gasteiger partial charge is 0.459 e. The number of aromatic nitrogens is 2. The van der Waals surface area contributed by atoms with Gasteiger partial charge in [0.1, 0.15) is 5.01 Å². The van der Waals surface area contributed by atoms with Crippen LogP contribution in [0.2, 0.25) is 0 Å². The highest BCUT2D eigenvalue weighted by Gasteiger charge is 2.15. The molecule has 26 heavy (non-hydrogen) atoms. The molecule has 0 aliphatic heterocycles. The number of hydrogen-bond acceptors (Lipinski definition) is 8. The van der Waals surface area contributed by atoms with Crippen LogP contribution < -0.4 is 5.32 Å². The van der Waals surface area contributed by atoms with Crippen molar-refractivity contribution in [3.63, 3.8) is 0 Å². The molecule has 3 aromatic heterocycles. The number of ether oxygens (including phenoxy) is 1. The van der Waals surface area contributed by atoms with Gasteiger partial charge in [-0.05, 0) is 24.3 Å². The molecule has 0 aliphatic carbocycles. The van der Waals surface area contributed by atoms with E-state index in [1.807, 2.05) is 12.1 Å². The zero-order valence-corrected chi connectivity index (χ0v) is 14.2. The van der Waals surface area contributed by atoms with Gasteiger partial charge in [-0.15, -0.1) is 11.3 Å². The van der Waals surface area contributed by atoms with Gasteiger partial charge in [-0.25, -0.2) is 4.98 Å². The summed E-state index contributed by atoms with van der Waals surface area (Å²) in [5.41, 5.74) is 1.24. The Morgan fingerprint density at radius 1 is 1.19 bits per heavy atom. The maximum absolute atomic E-state index is 11.8. The van der Waals surface area contributed by atoms with Crippen LogP contribution in [0.15, 0.2) is 52.6 Å². The Kier molecular flexibility index (Phi) is 5.49. The minimum atomic E-state index is -0.743. The number of imide groups is 1. The summed E-state index contributed by atoms with van der Waals surface area (Å²) in [5, 5.41) is 4.47. The van der Waals surface area contributed by atoms with E-state index in [1.54, 1.807) is 17.6 Å². The topological polar surface area (TPSA) is 111 Å². The lowest BCUT2D eigenvalue weighted by molar-refractivity contribution is -0.147. The molecule has 0 fully saturated rings. The zero-order chi connectivity index (χ0) is 18.4. The maximum Gasteiger partial charge on any atom is 0.312 e. The van der Waals surface area contributed by atoms with Crippen molar-refractivity contribution in [3.05, 3.63) is 59.6 Å². The van der Waals surface area contributed by atoms with Crippen LogP contribution in [0.4, 0.5) is 0 Å². The molecule has 132 valence electrons. The molecule has 3 rings (SSSR count). The Labute approximate surface area is 151 Å². The summed E-state index contributed by atoms with van der Waals surface area (Å²) in [6.07, 6.45) is 2.89. The van der Waals surface area contributed by atoms with Crippen LogP contribution in [0.3, 0.4) is 0 Å². The predicted octanol–water partition coefficient (Wildman–Crippen LogP) is 1.84. The first-order chi connectivity index (χ1) is 12.6. The molecule has 0 bridgehead atoms. The van der Waals surface area contributed by atoms with Crippen LogP contribution in [0.25, 0.3) is 10.7 Å². The summed E-state index contributed by atoms with van der Waals surface area (Å²) >= 11 is 1.36. The summed E-state index contributed by atoms with van der Waals surface area (Å²) in [7, 11) is 0. The third-order valence-electron chi connectivity index (χ3n) is 3.12. The summed E-state index contributed by atoms with van der Waals surface area (Å²) in [5.74, 6) is -2.07. The van der Waals surface area contributed by atoms with E-state index in [1.165, 1.54) is 29.7 Å². The van der Waals surface area contributed by atoms with Gasteiger partial charge in [0, 0.05) is 11.6 Å². The Bertz CT molecular complexity index is 906. The number of furan rings is 1. The number of nitrogens with zero attached hydrogens (tertiary/aromatic N) is 2. The van der Waals surface area contributed by atoms with E-state index in [2.05, 4.69) is 15.3 Å². The van der Waals surface area contributed by atoms with Crippen LogP contribution >= 0.6 is 11.3 Å². The average molecular weight is 371 g/mol. The lowest BCUT2D eigenvalue weighted by atomic mass is 10.3. The monoisotopic (exact) mass is 371 g/mol. The highest BCUT2D eigenvalue weighted by molar-refractivity contribution is 7.13. The fraction of sp³-hybridized carbons (Fsp3) is 0.118. The van der Waals surface area contributed by atoms with Crippen LogP contribution in [0, 0.1) is 0 Å². The number of carbonyl (C=O) groups excluding carboxylic acids is 3. The molecular weight excluding hydrogens is 358 g/mol. The van der Waals surface area contributed by atoms with E-state index in [-0.39, 0.29) is 12.2 Å². The van der Waals surface area contributed by atoms with E-state index in [0.717, 1.165) is 0 Å². The van der Waals surface area contributed by atoms with E-state index < -0.39 is 24.4 Å². The van der Waals surface area contributed by atoms with Gasteiger partial charge in [0.15, 0.2) is 12.4 Å². The summed E-state index contributed by atoms with van der Waals surface area (Å²) in [6, 6.07) is 8.40. The van der Waals surface area contributed by atoms with Crippen molar-refractivity contribution in [3.8, 4) is 10.7 Å². The molecule has 3 aromatic rings. The smallest absolute Gasteiger partial charge is 0.312 e. The second-order valence-electron chi connectivity index (χ2n) is 5.05. The van der Waals surface area contributed by atoms with Crippen LogP contribution in [0.5, 0.6) is 0 Å². The van der Waals surface area contributed by atoms with Crippen molar-refractivity contribution >= 4 is 29.1 Å². The Hall–Kier alpha value is -3.33. The first-order valence-corrected chi connectivity index (χ1v) is 8.39. The maximum atomic E-state index is 11.8. The first kappa shape index (κ1) is 17.5. The van der Waals surface area contributed by atoms with Crippen molar-refractivity contribution in [2.24, 2.45) is 0 Å². The van der Waals surface area contributed by atoms with E-state index >= 15 is 0 Å². The SMILES string of the molecule is O=C(COC(=O)Cc1csc(-c2ccccn2)n1)NC(=O)c1ccco1. The fourth-order valence-electron chi connectivity index (χ4n) is 1.97. The van der Waals surface area contributed by atoms with Crippen molar-refractivity contribution < 1.29 is 23.5 Å². The van der Waals surface area contributed by atoms with Gasteiger partial charge in [0.05, 0.1) is 24.1 Å².